The molecule has 1 aromatic heterocycles. The first-order chi connectivity index (χ1) is 7.83. The molecule has 0 aliphatic carbocycles. The van der Waals surface area contributed by atoms with Crippen LogP contribution in [0.1, 0.15) is 36.5 Å². The predicted molar refractivity (Wildman–Crippen MR) is 58.6 cm³/mol. The van der Waals surface area contributed by atoms with Crippen molar-refractivity contribution in [3.05, 3.63) is 23.3 Å². The molecular weight excluding hydrogens is 231 g/mol. The lowest BCUT2D eigenvalue weighted by atomic mass is 10.1. The number of aryl methyl sites for hydroxylation is 2. The zero-order valence-electron chi connectivity index (χ0n) is 10.1. The van der Waals surface area contributed by atoms with Gasteiger partial charge in [0.25, 0.3) is 0 Å². The summed E-state index contributed by atoms with van der Waals surface area (Å²) in [5.74, 6) is 0.242. The minimum atomic E-state index is -4.16. The van der Waals surface area contributed by atoms with Crippen molar-refractivity contribution in [1.29, 1.82) is 0 Å². The van der Waals surface area contributed by atoms with E-state index in [2.05, 4.69) is 15.3 Å². The first-order valence-electron chi connectivity index (χ1n) is 5.40. The van der Waals surface area contributed by atoms with E-state index >= 15 is 0 Å². The van der Waals surface area contributed by atoms with Gasteiger partial charge in [0.1, 0.15) is 5.82 Å². The van der Waals surface area contributed by atoms with Crippen molar-refractivity contribution in [1.82, 2.24) is 15.3 Å². The van der Waals surface area contributed by atoms with Gasteiger partial charge < -0.3 is 5.32 Å². The maximum Gasteiger partial charge on any atom is 0.389 e. The van der Waals surface area contributed by atoms with E-state index in [-0.39, 0.29) is 18.3 Å². The zero-order chi connectivity index (χ0) is 13.1. The number of nitrogens with zero attached hydrogens (tertiary/aromatic N) is 2. The van der Waals surface area contributed by atoms with Crippen LogP contribution in [-0.2, 0) is 6.42 Å². The Morgan fingerprint density at radius 2 is 2.06 bits per heavy atom. The summed E-state index contributed by atoms with van der Waals surface area (Å²) in [5, 5.41) is 3.04. The third-order valence-corrected chi connectivity index (χ3v) is 2.60. The molecule has 0 radical (unpaired) electrons. The molecule has 96 valence electrons. The highest BCUT2D eigenvalue weighted by molar-refractivity contribution is 5.19. The number of hydrogen-bond acceptors (Lipinski definition) is 3. The SMILES string of the molecule is CNC(C)c1cnc(CCC(F)(F)F)nc1C. The van der Waals surface area contributed by atoms with Crippen LogP contribution in [0.15, 0.2) is 6.20 Å². The van der Waals surface area contributed by atoms with Crippen LogP contribution in [0, 0.1) is 6.92 Å². The normalized spacial score (nSPS) is 13.8. The number of alkyl halides is 3. The standard InChI is InChI=1S/C11H16F3N3/c1-7(15-3)9-6-16-10(17-8(9)2)4-5-11(12,13)14/h6-7,15H,4-5H2,1-3H3. The third-order valence-electron chi connectivity index (χ3n) is 2.60. The minimum Gasteiger partial charge on any atom is -0.313 e. The number of aromatic nitrogens is 2. The topological polar surface area (TPSA) is 37.8 Å². The summed E-state index contributed by atoms with van der Waals surface area (Å²) in [7, 11) is 1.81. The van der Waals surface area contributed by atoms with Gasteiger partial charge in [-0.2, -0.15) is 13.2 Å². The van der Waals surface area contributed by atoms with E-state index < -0.39 is 12.6 Å². The fraction of sp³-hybridized carbons (Fsp3) is 0.636. The van der Waals surface area contributed by atoms with Crippen molar-refractivity contribution in [3.8, 4) is 0 Å². The van der Waals surface area contributed by atoms with Crippen molar-refractivity contribution in [2.75, 3.05) is 7.05 Å². The Kier molecular flexibility index (Phi) is 4.45. The van der Waals surface area contributed by atoms with Crippen molar-refractivity contribution in [3.63, 3.8) is 0 Å². The summed E-state index contributed by atoms with van der Waals surface area (Å²) in [6.07, 6.45) is -3.62. The summed E-state index contributed by atoms with van der Waals surface area (Å²) in [6, 6.07) is 0.0895. The molecule has 0 saturated carbocycles. The zero-order valence-corrected chi connectivity index (χ0v) is 10.1. The Balaban J connectivity index is 2.75. The lowest BCUT2D eigenvalue weighted by Gasteiger charge is -2.13. The van der Waals surface area contributed by atoms with E-state index in [1.807, 2.05) is 14.0 Å². The average molecular weight is 247 g/mol. The Hall–Kier alpha value is -1.17. The molecular formula is C11H16F3N3. The van der Waals surface area contributed by atoms with E-state index in [0.717, 1.165) is 11.3 Å². The fourth-order valence-electron chi connectivity index (χ4n) is 1.48. The van der Waals surface area contributed by atoms with Crippen LogP contribution in [0.2, 0.25) is 0 Å². The van der Waals surface area contributed by atoms with Gasteiger partial charge in [-0.3, -0.25) is 0 Å². The van der Waals surface area contributed by atoms with E-state index in [1.54, 1.807) is 13.1 Å². The third kappa shape index (κ3) is 4.30. The van der Waals surface area contributed by atoms with Crippen molar-refractivity contribution in [2.24, 2.45) is 0 Å². The molecule has 1 aromatic rings. The molecule has 0 amide bonds. The Labute approximate surface area is 98.5 Å². The van der Waals surface area contributed by atoms with Crippen molar-refractivity contribution >= 4 is 0 Å². The molecule has 1 N–H and O–H groups in total. The molecule has 0 aromatic carbocycles. The molecule has 0 bridgehead atoms. The molecule has 1 atom stereocenters. The van der Waals surface area contributed by atoms with Crippen molar-refractivity contribution in [2.45, 2.75) is 38.9 Å². The molecule has 0 aliphatic heterocycles. The summed E-state index contributed by atoms with van der Waals surface area (Å²) < 4.78 is 36.1. The van der Waals surface area contributed by atoms with E-state index in [0.29, 0.717) is 0 Å². The van der Waals surface area contributed by atoms with Gasteiger partial charge in [-0.25, -0.2) is 9.97 Å². The molecule has 1 heterocycles. The highest BCUT2D eigenvalue weighted by atomic mass is 19.4. The highest BCUT2D eigenvalue weighted by Gasteiger charge is 2.27. The molecule has 0 saturated heterocycles. The highest BCUT2D eigenvalue weighted by Crippen LogP contribution is 2.21. The first kappa shape index (κ1) is 13.9. The maximum absolute atomic E-state index is 12.0. The monoisotopic (exact) mass is 247 g/mol. The largest absolute Gasteiger partial charge is 0.389 e. The smallest absolute Gasteiger partial charge is 0.313 e. The molecule has 17 heavy (non-hydrogen) atoms. The number of rotatable bonds is 4. The van der Waals surface area contributed by atoms with Gasteiger partial charge >= 0.3 is 6.18 Å². The molecule has 0 spiro atoms. The lowest BCUT2D eigenvalue weighted by Crippen LogP contribution is -2.16. The fourth-order valence-corrected chi connectivity index (χ4v) is 1.48. The molecule has 1 rings (SSSR count). The Morgan fingerprint density at radius 3 is 2.53 bits per heavy atom. The summed E-state index contributed by atoms with van der Waals surface area (Å²) in [4.78, 5) is 8.05. The van der Waals surface area contributed by atoms with Gasteiger partial charge in [-0.15, -0.1) is 0 Å². The average Bonchev–Trinajstić information content (AvgIpc) is 2.24. The number of halogens is 3. The van der Waals surface area contributed by atoms with Gasteiger partial charge in [-0.05, 0) is 20.9 Å². The van der Waals surface area contributed by atoms with Crippen LogP contribution in [0.4, 0.5) is 13.2 Å². The maximum atomic E-state index is 12.0. The van der Waals surface area contributed by atoms with Crippen LogP contribution < -0.4 is 5.32 Å². The van der Waals surface area contributed by atoms with E-state index in [1.165, 1.54) is 0 Å². The summed E-state index contributed by atoms with van der Waals surface area (Å²) in [5.41, 5.74) is 1.63. The summed E-state index contributed by atoms with van der Waals surface area (Å²) in [6.45, 7) is 3.73. The quantitative estimate of drug-likeness (QED) is 0.888. The van der Waals surface area contributed by atoms with E-state index in [4.69, 9.17) is 0 Å². The Bertz CT molecular complexity index is 377. The molecule has 1 unspecified atom stereocenters. The van der Waals surface area contributed by atoms with Crippen LogP contribution in [0.25, 0.3) is 0 Å². The summed E-state index contributed by atoms with van der Waals surface area (Å²) >= 11 is 0. The molecule has 3 nitrogen and oxygen atoms in total. The second kappa shape index (κ2) is 5.44. The lowest BCUT2D eigenvalue weighted by molar-refractivity contribution is -0.134. The van der Waals surface area contributed by atoms with Crippen LogP contribution in [-0.4, -0.2) is 23.2 Å². The predicted octanol–water partition coefficient (Wildman–Crippen LogP) is 2.56. The van der Waals surface area contributed by atoms with Crippen molar-refractivity contribution < 1.29 is 13.2 Å². The second-order valence-electron chi connectivity index (χ2n) is 3.95. The van der Waals surface area contributed by atoms with E-state index in [9.17, 15) is 13.2 Å². The molecule has 6 heteroatoms. The number of hydrogen-bond donors (Lipinski definition) is 1. The minimum absolute atomic E-state index is 0.0895. The van der Waals surface area contributed by atoms with Gasteiger partial charge in [-0.1, -0.05) is 0 Å². The number of nitrogens with one attached hydrogen (secondary N) is 1. The van der Waals surface area contributed by atoms with Crippen LogP contribution in [0.5, 0.6) is 0 Å². The van der Waals surface area contributed by atoms with Gasteiger partial charge in [0.05, 0.1) is 6.42 Å². The molecule has 0 aliphatic rings. The Morgan fingerprint density at radius 1 is 1.41 bits per heavy atom. The van der Waals surface area contributed by atoms with Gasteiger partial charge in [0.15, 0.2) is 0 Å². The first-order valence-corrected chi connectivity index (χ1v) is 5.40. The van der Waals surface area contributed by atoms with Crippen LogP contribution in [0.3, 0.4) is 0 Å². The van der Waals surface area contributed by atoms with Gasteiger partial charge in [0.2, 0.25) is 0 Å². The van der Waals surface area contributed by atoms with Crippen LogP contribution >= 0.6 is 0 Å². The second-order valence-corrected chi connectivity index (χ2v) is 3.95. The van der Waals surface area contributed by atoms with Gasteiger partial charge in [0, 0.05) is 29.9 Å². The molecule has 0 fully saturated rings.